The molecule has 126 valence electrons. The van der Waals surface area contributed by atoms with Gasteiger partial charge in [0.1, 0.15) is 0 Å². The highest BCUT2D eigenvalue weighted by Gasteiger charge is 2.06. The molecule has 1 atom stereocenters. The lowest BCUT2D eigenvalue weighted by atomic mass is 10.0. The van der Waals surface area contributed by atoms with Gasteiger partial charge in [0.25, 0.3) is 0 Å². The van der Waals surface area contributed by atoms with E-state index in [1.807, 2.05) is 24.3 Å². The minimum Gasteiger partial charge on any atom is -0.388 e. The molecule has 1 nitrogen and oxygen atoms in total. The van der Waals surface area contributed by atoms with Crippen molar-refractivity contribution in [2.24, 2.45) is 0 Å². The normalized spacial score (nSPS) is 12.5. The highest BCUT2D eigenvalue weighted by molar-refractivity contribution is 9.10. The fourth-order valence-electron chi connectivity index (χ4n) is 2.85. The number of aliphatic hydroxyl groups excluding tert-OH is 1. The van der Waals surface area contributed by atoms with Gasteiger partial charge in [0, 0.05) is 4.47 Å². The van der Waals surface area contributed by atoms with E-state index in [2.05, 4.69) is 22.9 Å². The average molecular weight is 369 g/mol. The highest BCUT2D eigenvalue weighted by Crippen LogP contribution is 2.22. The Kier molecular flexibility index (Phi) is 11.8. The summed E-state index contributed by atoms with van der Waals surface area (Å²) in [5, 5.41) is 10.1. The molecule has 0 aliphatic heterocycles. The molecule has 0 aliphatic carbocycles. The standard InChI is InChI=1S/C20H33BrO/c1-2-3-4-5-6-7-8-9-10-11-12-13-20(22)18-14-16-19(21)17-15-18/h14-17,20,22H,2-13H2,1H3. The summed E-state index contributed by atoms with van der Waals surface area (Å²) in [4.78, 5) is 0. The Bertz CT molecular complexity index is 360. The van der Waals surface area contributed by atoms with Gasteiger partial charge in [0.2, 0.25) is 0 Å². The fourth-order valence-corrected chi connectivity index (χ4v) is 3.12. The van der Waals surface area contributed by atoms with Gasteiger partial charge in [-0.2, -0.15) is 0 Å². The third-order valence-electron chi connectivity index (χ3n) is 4.34. The zero-order valence-corrected chi connectivity index (χ0v) is 15.8. The van der Waals surface area contributed by atoms with E-state index in [1.54, 1.807) is 0 Å². The molecule has 0 amide bonds. The van der Waals surface area contributed by atoms with Gasteiger partial charge in [-0.3, -0.25) is 0 Å². The molecule has 1 aromatic rings. The van der Waals surface area contributed by atoms with Crippen molar-refractivity contribution in [1.82, 2.24) is 0 Å². The molecule has 1 aromatic carbocycles. The van der Waals surface area contributed by atoms with Crippen molar-refractivity contribution in [2.45, 2.75) is 90.1 Å². The molecule has 0 spiro atoms. The van der Waals surface area contributed by atoms with Crippen LogP contribution in [-0.2, 0) is 0 Å². The lowest BCUT2D eigenvalue weighted by Gasteiger charge is -2.11. The van der Waals surface area contributed by atoms with Gasteiger partial charge in [-0.05, 0) is 24.1 Å². The Morgan fingerprint density at radius 1 is 0.773 bits per heavy atom. The largest absolute Gasteiger partial charge is 0.388 e. The monoisotopic (exact) mass is 368 g/mol. The Morgan fingerprint density at radius 2 is 1.23 bits per heavy atom. The van der Waals surface area contributed by atoms with E-state index in [0.717, 1.165) is 22.9 Å². The molecule has 0 saturated heterocycles. The Morgan fingerprint density at radius 3 is 1.73 bits per heavy atom. The van der Waals surface area contributed by atoms with E-state index in [1.165, 1.54) is 64.2 Å². The topological polar surface area (TPSA) is 20.2 Å². The molecule has 0 aliphatic rings. The Hall–Kier alpha value is -0.340. The van der Waals surface area contributed by atoms with E-state index < -0.39 is 0 Å². The number of rotatable bonds is 13. The van der Waals surface area contributed by atoms with Gasteiger partial charge in [0.05, 0.1) is 6.10 Å². The van der Waals surface area contributed by atoms with Crippen LogP contribution in [0.2, 0.25) is 0 Å². The van der Waals surface area contributed by atoms with Crippen LogP contribution in [-0.4, -0.2) is 5.11 Å². The molecule has 0 bridgehead atoms. The number of halogens is 1. The van der Waals surface area contributed by atoms with Crippen molar-refractivity contribution in [1.29, 1.82) is 0 Å². The van der Waals surface area contributed by atoms with Gasteiger partial charge in [-0.1, -0.05) is 106 Å². The fraction of sp³-hybridized carbons (Fsp3) is 0.700. The molecule has 0 heterocycles. The van der Waals surface area contributed by atoms with E-state index in [4.69, 9.17) is 0 Å². The average Bonchev–Trinajstić information content (AvgIpc) is 2.53. The Balaban J connectivity index is 1.92. The van der Waals surface area contributed by atoms with Crippen LogP contribution in [0, 0.1) is 0 Å². The van der Waals surface area contributed by atoms with Crippen molar-refractivity contribution in [2.75, 3.05) is 0 Å². The van der Waals surface area contributed by atoms with Crippen molar-refractivity contribution < 1.29 is 5.11 Å². The minimum absolute atomic E-state index is 0.299. The van der Waals surface area contributed by atoms with E-state index in [0.29, 0.717) is 0 Å². The predicted molar refractivity (Wildman–Crippen MR) is 100 cm³/mol. The summed E-state index contributed by atoms with van der Waals surface area (Å²) in [6.45, 7) is 2.27. The van der Waals surface area contributed by atoms with Crippen LogP contribution >= 0.6 is 15.9 Å². The zero-order valence-electron chi connectivity index (χ0n) is 14.2. The predicted octanol–water partition coefficient (Wildman–Crippen LogP) is 7.18. The molecule has 0 radical (unpaired) electrons. The van der Waals surface area contributed by atoms with Crippen molar-refractivity contribution in [3.05, 3.63) is 34.3 Å². The molecular formula is C20H33BrO. The summed E-state index contributed by atoms with van der Waals surface area (Å²) in [7, 11) is 0. The molecule has 1 N–H and O–H groups in total. The lowest BCUT2D eigenvalue weighted by molar-refractivity contribution is 0.163. The first-order chi connectivity index (χ1) is 10.7. The van der Waals surface area contributed by atoms with Crippen LogP contribution in [0.4, 0.5) is 0 Å². The highest BCUT2D eigenvalue weighted by atomic mass is 79.9. The number of benzene rings is 1. The number of unbranched alkanes of at least 4 members (excludes halogenated alkanes) is 10. The third-order valence-corrected chi connectivity index (χ3v) is 4.86. The lowest BCUT2D eigenvalue weighted by Crippen LogP contribution is -1.97. The van der Waals surface area contributed by atoms with Crippen LogP contribution < -0.4 is 0 Å². The van der Waals surface area contributed by atoms with Crippen LogP contribution in [0.15, 0.2) is 28.7 Å². The van der Waals surface area contributed by atoms with Crippen LogP contribution in [0.25, 0.3) is 0 Å². The van der Waals surface area contributed by atoms with Crippen LogP contribution in [0.3, 0.4) is 0 Å². The Labute approximate surface area is 145 Å². The first-order valence-electron chi connectivity index (χ1n) is 9.17. The second kappa shape index (κ2) is 13.1. The van der Waals surface area contributed by atoms with E-state index in [-0.39, 0.29) is 6.10 Å². The summed E-state index contributed by atoms with van der Waals surface area (Å²) in [5.41, 5.74) is 1.04. The minimum atomic E-state index is -0.299. The maximum atomic E-state index is 10.1. The smallest absolute Gasteiger partial charge is 0.0790 e. The molecule has 0 aromatic heterocycles. The molecule has 1 rings (SSSR count). The van der Waals surface area contributed by atoms with Gasteiger partial charge < -0.3 is 5.11 Å². The van der Waals surface area contributed by atoms with Crippen molar-refractivity contribution >= 4 is 15.9 Å². The molecule has 0 fully saturated rings. The summed E-state index contributed by atoms with van der Waals surface area (Å²) in [5.74, 6) is 0. The number of hydrogen-bond acceptors (Lipinski definition) is 1. The number of aliphatic hydroxyl groups is 1. The van der Waals surface area contributed by atoms with Gasteiger partial charge in [-0.25, -0.2) is 0 Å². The van der Waals surface area contributed by atoms with Crippen LogP contribution in [0.1, 0.15) is 95.6 Å². The maximum Gasteiger partial charge on any atom is 0.0790 e. The molecule has 2 heteroatoms. The van der Waals surface area contributed by atoms with E-state index >= 15 is 0 Å². The maximum absolute atomic E-state index is 10.1. The van der Waals surface area contributed by atoms with Crippen LogP contribution in [0.5, 0.6) is 0 Å². The molecular weight excluding hydrogens is 336 g/mol. The first kappa shape index (κ1) is 19.7. The van der Waals surface area contributed by atoms with Gasteiger partial charge in [0.15, 0.2) is 0 Å². The third kappa shape index (κ3) is 9.63. The van der Waals surface area contributed by atoms with Gasteiger partial charge in [-0.15, -0.1) is 0 Å². The quantitative estimate of drug-likeness (QED) is 0.365. The van der Waals surface area contributed by atoms with Gasteiger partial charge >= 0.3 is 0 Å². The summed E-state index contributed by atoms with van der Waals surface area (Å²) >= 11 is 3.42. The van der Waals surface area contributed by atoms with Crippen molar-refractivity contribution in [3.8, 4) is 0 Å². The molecule has 0 saturated carbocycles. The summed E-state index contributed by atoms with van der Waals surface area (Å²) in [6.07, 6.45) is 15.5. The second-order valence-corrected chi connectivity index (χ2v) is 7.31. The zero-order chi connectivity index (χ0) is 16.0. The summed E-state index contributed by atoms with van der Waals surface area (Å²) < 4.78 is 1.07. The first-order valence-corrected chi connectivity index (χ1v) is 9.97. The molecule has 22 heavy (non-hydrogen) atoms. The van der Waals surface area contributed by atoms with E-state index in [9.17, 15) is 5.11 Å². The molecule has 1 unspecified atom stereocenters. The SMILES string of the molecule is CCCCCCCCCCCCCC(O)c1ccc(Br)cc1. The second-order valence-electron chi connectivity index (χ2n) is 6.39. The summed E-state index contributed by atoms with van der Waals surface area (Å²) in [6, 6.07) is 8.01. The van der Waals surface area contributed by atoms with Crippen molar-refractivity contribution in [3.63, 3.8) is 0 Å². The number of hydrogen-bond donors (Lipinski definition) is 1.